The Bertz CT molecular complexity index is 3390. The summed E-state index contributed by atoms with van der Waals surface area (Å²) in [5.74, 6) is 7.07. The third-order valence-corrected chi connectivity index (χ3v) is 22.9. The normalized spacial score (nSPS) is 13.4. The van der Waals surface area contributed by atoms with E-state index >= 15 is 0 Å². The molecule has 0 aromatic heterocycles. The molecule has 2 heterocycles. The van der Waals surface area contributed by atoms with Crippen LogP contribution in [0.25, 0.3) is 11.1 Å². The van der Waals surface area contributed by atoms with Crippen LogP contribution >= 0.6 is 25.5 Å². The van der Waals surface area contributed by atoms with Crippen molar-refractivity contribution in [2.24, 2.45) is 0 Å². The quantitative estimate of drug-likeness (QED) is 0.0885. The number of benzene rings is 7. The fraction of sp³-hybridized carbons (Fsp3) is 0.500. The van der Waals surface area contributed by atoms with Crippen molar-refractivity contribution in [3.8, 4) is 57.1 Å². The molecule has 9 rings (SSSR count). The second-order valence-corrected chi connectivity index (χ2v) is 38.8. The van der Waals surface area contributed by atoms with Gasteiger partial charge in [-0.05, 0) is 182 Å². The van der Waals surface area contributed by atoms with Gasteiger partial charge in [0.2, 0.25) is 13.6 Å². The van der Waals surface area contributed by atoms with Gasteiger partial charge in [-0.15, -0.1) is 0 Å². The molecule has 0 radical (unpaired) electrons. The Balaban J connectivity index is 0.00000104. The number of methoxy groups -OCH3 is 4. The fourth-order valence-electron chi connectivity index (χ4n) is 12.9. The summed E-state index contributed by atoms with van der Waals surface area (Å²) in [6.07, 6.45) is 0. The summed E-state index contributed by atoms with van der Waals surface area (Å²) in [5.41, 5.74) is 11.5. The van der Waals surface area contributed by atoms with Gasteiger partial charge in [0.05, 0.1) is 28.4 Å². The van der Waals surface area contributed by atoms with Crippen LogP contribution in [0.5, 0.6) is 46.0 Å². The van der Waals surface area contributed by atoms with Crippen molar-refractivity contribution < 1.29 is 67.6 Å². The van der Waals surface area contributed by atoms with E-state index in [2.05, 4.69) is 294 Å². The third kappa shape index (κ3) is 17.5. The first-order chi connectivity index (χ1) is 44.3. The van der Waals surface area contributed by atoms with Gasteiger partial charge in [0.1, 0.15) is 23.0 Å². The van der Waals surface area contributed by atoms with Gasteiger partial charge in [0.25, 0.3) is 0 Å². The summed E-state index contributed by atoms with van der Waals surface area (Å²) >= 11 is 1.82. The Morgan fingerprint density at radius 2 is 0.567 bits per heavy atom. The molecular weight excluding hydrogens is 1370 g/mol. The first kappa shape index (κ1) is 81.0. The summed E-state index contributed by atoms with van der Waals surface area (Å²) in [4.78, 5) is 0. The van der Waals surface area contributed by atoms with Crippen LogP contribution in [0.4, 0.5) is 0 Å². The van der Waals surface area contributed by atoms with Crippen molar-refractivity contribution in [3.05, 3.63) is 153 Å². The molecule has 0 atom stereocenters. The molecule has 530 valence electrons. The summed E-state index contributed by atoms with van der Waals surface area (Å²) in [6.45, 7) is 61.7. The predicted molar refractivity (Wildman–Crippen MR) is 408 cm³/mol. The second kappa shape index (κ2) is 30.3. The van der Waals surface area contributed by atoms with Crippen LogP contribution in [0.3, 0.4) is 0 Å². The van der Waals surface area contributed by atoms with Crippen LogP contribution in [0, 0.1) is 6.92 Å². The van der Waals surface area contributed by atoms with Crippen LogP contribution in [0.1, 0.15) is 242 Å². The molecule has 2 aliphatic rings. The monoisotopic (exact) mass is 1480 g/mol. The van der Waals surface area contributed by atoms with Gasteiger partial charge >= 0.3 is 27.0 Å². The zero-order valence-corrected chi connectivity index (χ0v) is 69.5. The van der Waals surface area contributed by atoms with E-state index < -0.39 is 15.8 Å². The summed E-state index contributed by atoms with van der Waals surface area (Å²) in [7, 11) is 8.85. The molecule has 2 aliphatic heterocycles. The minimum absolute atomic E-state index is 0. The van der Waals surface area contributed by atoms with Crippen molar-refractivity contribution in [1.29, 1.82) is 0 Å². The van der Waals surface area contributed by atoms with Crippen molar-refractivity contribution in [3.63, 3.8) is 0 Å². The van der Waals surface area contributed by atoms with E-state index in [0.29, 0.717) is 28.9 Å². The maximum atomic E-state index is 6.98. The molecule has 0 aliphatic carbocycles. The van der Waals surface area contributed by atoms with Crippen molar-refractivity contribution in [2.75, 3.05) is 42.0 Å². The molecule has 7 aromatic carbocycles. The van der Waals surface area contributed by atoms with E-state index in [1.165, 1.54) is 32.3 Å². The zero-order valence-electron chi connectivity index (χ0n) is 64.5. The second-order valence-electron chi connectivity index (χ2n) is 34.4. The van der Waals surface area contributed by atoms with Gasteiger partial charge in [-0.25, -0.2) is 0 Å². The molecule has 97 heavy (non-hydrogen) atoms. The van der Waals surface area contributed by atoms with E-state index in [9.17, 15) is 0 Å². The minimum atomic E-state index is -1.50. The molecule has 13 heteroatoms. The van der Waals surface area contributed by atoms with Crippen molar-refractivity contribution in [2.45, 2.75) is 236 Å². The molecule has 0 fully saturated rings. The molecule has 0 saturated carbocycles. The number of ether oxygens (including phenoxy) is 8. The van der Waals surface area contributed by atoms with E-state index in [-0.39, 0.29) is 69.3 Å². The van der Waals surface area contributed by atoms with Crippen LogP contribution in [0.15, 0.2) is 97.1 Å². The Hall–Kier alpha value is -5.00. The van der Waals surface area contributed by atoms with E-state index in [1.807, 2.05) is 45.8 Å². The average molecular weight is 1490 g/mol. The van der Waals surface area contributed by atoms with Gasteiger partial charge in [0, 0.05) is 55.6 Å². The van der Waals surface area contributed by atoms with Crippen LogP contribution in [-0.2, 0) is 60.6 Å². The molecule has 7 aromatic rings. The predicted octanol–water partition coefficient (Wildman–Crippen LogP) is 17.6. The molecule has 0 amide bonds. The van der Waals surface area contributed by atoms with Gasteiger partial charge in [0.15, 0.2) is 23.0 Å². The Labute approximate surface area is 608 Å². The first-order valence-electron chi connectivity index (χ1n) is 33.9. The van der Waals surface area contributed by atoms with E-state index in [0.717, 1.165) is 89.2 Å². The molecule has 0 bridgehead atoms. The van der Waals surface area contributed by atoms with Crippen molar-refractivity contribution >= 4 is 57.4 Å². The summed E-state index contributed by atoms with van der Waals surface area (Å²) in [5, 5.41) is 6.98. The molecule has 0 N–H and O–H groups in total. The Morgan fingerprint density at radius 1 is 0.351 bits per heavy atom. The molecule has 0 unspecified atom stereocenters. The fourth-order valence-corrected chi connectivity index (χ4v) is 18.0. The molecular formula is C84H114Cl2O8P2Ru. The number of aryl methyl sites for hydroxylation is 1. The standard InChI is InChI=1S/C74H100O8P2.C10H14.2ClH.Ru/c1-67(2,3)47-33-43(34-48(61(47)75-25)68(4,5)6)83(44-35-49(69(7,8)9)62(76-26)50(36-44)70(10,11)12)57-31-29-55-65(81-41-79-55)59(57)60-58(32-30-56-66(60)82-42-80-56)84(45-37-51(71(13,14)15)63(77-27)52(38-45)72(16,17)18)46-39-53(73(19,20)21)64(78-28)54(40-46)74(22,23)24;1-8(2)10-6-4-9(3)5-7-10;;;/h29-40H,41-42H2,1-28H3;4-8H,1-3H3;2*1H;/q;;;;+2/p-2. The summed E-state index contributed by atoms with van der Waals surface area (Å²) < 4.78 is 53.1. The number of fused-ring (bicyclic) bond motifs is 2. The number of halogens is 2. The Kier molecular flexibility index (Phi) is 25.3. The maximum absolute atomic E-state index is 6.98. The van der Waals surface area contributed by atoms with Crippen LogP contribution in [-0.4, -0.2) is 42.0 Å². The average Bonchev–Trinajstić information content (AvgIpc) is 1.65. The first-order valence-corrected chi connectivity index (χ1v) is 38.8. The number of hydrogen-bond acceptors (Lipinski definition) is 8. The van der Waals surface area contributed by atoms with Crippen molar-refractivity contribution in [1.82, 2.24) is 0 Å². The number of rotatable bonds is 12. The molecule has 0 spiro atoms. The molecule has 8 nitrogen and oxygen atoms in total. The molecule has 0 saturated heterocycles. The van der Waals surface area contributed by atoms with E-state index in [1.54, 1.807) is 0 Å². The Morgan fingerprint density at radius 3 is 0.753 bits per heavy atom. The van der Waals surface area contributed by atoms with E-state index in [4.69, 9.17) is 37.9 Å². The van der Waals surface area contributed by atoms with Gasteiger partial charge in [-0.3, -0.25) is 0 Å². The van der Waals surface area contributed by atoms with Crippen LogP contribution in [0.2, 0.25) is 0 Å². The van der Waals surface area contributed by atoms with Gasteiger partial charge < -0.3 is 50.3 Å². The summed E-state index contributed by atoms with van der Waals surface area (Å²) in [6, 6.07) is 37.1. The van der Waals surface area contributed by atoms with Gasteiger partial charge in [-0.2, -0.15) is 0 Å². The van der Waals surface area contributed by atoms with Crippen LogP contribution < -0.4 is 82.1 Å². The number of hydrogen-bond donors (Lipinski definition) is 0. The van der Waals surface area contributed by atoms with Gasteiger partial charge in [-0.1, -0.05) is 210 Å². The topological polar surface area (TPSA) is 73.8 Å². The third-order valence-electron chi connectivity index (χ3n) is 18.1. The zero-order chi connectivity index (χ0) is 72.1. The SMILES string of the molecule is COc1c(C(C)(C)C)cc(P(c2cc(C(C)(C)C)c(OC)c(C(C)(C)C)c2)c2ccc3c(c2-c2c(P(c4cc(C(C)(C)C)c(OC)c(C(C)(C)C)c4)c4cc(C(C)(C)C)c(OC)c(C(C)(C)C)c4)ccc4c2OCO4)OCO3)cc1C(C)(C)C.Cc1ccc(C(C)C)cc1.[Cl-].[Cl][Ru+].